The van der Waals surface area contributed by atoms with Crippen molar-refractivity contribution in [1.82, 2.24) is 0 Å². The van der Waals surface area contributed by atoms with Crippen molar-refractivity contribution in [3.8, 4) is 0 Å². The lowest BCUT2D eigenvalue weighted by Crippen LogP contribution is -2.39. The Labute approximate surface area is 100 Å². The molecule has 5 heteroatoms. The molecule has 0 radical (unpaired) electrons. The fourth-order valence-corrected chi connectivity index (χ4v) is 4.15. The second kappa shape index (κ2) is 3.40. The third-order valence-corrected chi connectivity index (χ3v) is 4.99. The number of hydrogen-bond donors (Lipinski definition) is 0. The van der Waals surface area contributed by atoms with Crippen LogP contribution in [-0.2, 0) is 6.42 Å². The molecule has 0 aromatic heterocycles. The van der Waals surface area contributed by atoms with E-state index in [0.717, 1.165) is 5.56 Å². The van der Waals surface area contributed by atoms with Crippen LogP contribution in [0.25, 0.3) is 0 Å². The molecule has 1 aromatic carbocycles. The van der Waals surface area contributed by atoms with Gasteiger partial charge in [-0.25, -0.2) is 0 Å². The Balaban J connectivity index is 2.08. The number of rotatable bonds is 0. The maximum atomic E-state index is 13.6. The summed E-state index contributed by atoms with van der Waals surface area (Å²) >= 11 is 0.118. The predicted octanol–water partition coefficient (Wildman–Crippen LogP) is 4.27. The van der Waals surface area contributed by atoms with Crippen LogP contribution in [0.3, 0.4) is 0 Å². The van der Waals surface area contributed by atoms with Gasteiger partial charge < -0.3 is 0 Å². The minimum atomic E-state index is -3.94. The largest absolute Gasteiger partial charge is 0.357 e. The Morgan fingerprint density at radius 1 is 1.12 bits per heavy atom. The molecule has 1 heterocycles. The second-order valence-corrected chi connectivity index (χ2v) is 5.78. The van der Waals surface area contributed by atoms with E-state index in [1.54, 1.807) is 12.1 Å². The normalized spacial score (nSPS) is 32.9. The van der Waals surface area contributed by atoms with Gasteiger partial charge in [0.1, 0.15) is 0 Å². The van der Waals surface area contributed by atoms with E-state index in [0.29, 0.717) is 12.0 Å². The first-order valence-corrected chi connectivity index (χ1v) is 6.33. The maximum absolute atomic E-state index is 13.6. The summed E-state index contributed by atoms with van der Waals surface area (Å²) in [6.45, 7) is 0. The standard InChI is InChI=1S/C12H10F4S/c13-11(14)9-6-5-7-3-1-2-4-8(7)10(9)17-12(11,15)16/h1-4,9-10H,5-6H2/t9-,10+/m0/s1. The zero-order valence-corrected chi connectivity index (χ0v) is 9.61. The smallest absolute Gasteiger partial charge is 0.198 e. The monoisotopic (exact) mass is 262 g/mol. The summed E-state index contributed by atoms with van der Waals surface area (Å²) in [4.78, 5) is 0. The first kappa shape index (κ1) is 11.4. The van der Waals surface area contributed by atoms with Gasteiger partial charge in [0.25, 0.3) is 0 Å². The molecule has 2 aliphatic rings. The molecule has 2 atom stereocenters. The van der Waals surface area contributed by atoms with E-state index in [4.69, 9.17) is 0 Å². The molecule has 1 saturated heterocycles. The minimum Gasteiger partial charge on any atom is -0.198 e. The molecule has 17 heavy (non-hydrogen) atoms. The van der Waals surface area contributed by atoms with Crippen molar-refractivity contribution < 1.29 is 17.6 Å². The first-order valence-electron chi connectivity index (χ1n) is 5.45. The van der Waals surface area contributed by atoms with Gasteiger partial charge in [0.05, 0.1) is 0 Å². The van der Waals surface area contributed by atoms with Crippen LogP contribution in [0, 0.1) is 5.92 Å². The molecule has 1 aliphatic heterocycles. The van der Waals surface area contributed by atoms with Crippen LogP contribution in [0.15, 0.2) is 24.3 Å². The van der Waals surface area contributed by atoms with Gasteiger partial charge >= 0.3 is 11.2 Å². The molecular weight excluding hydrogens is 252 g/mol. The van der Waals surface area contributed by atoms with Crippen LogP contribution < -0.4 is 0 Å². The van der Waals surface area contributed by atoms with E-state index in [2.05, 4.69) is 0 Å². The third-order valence-electron chi connectivity index (χ3n) is 3.58. The van der Waals surface area contributed by atoms with Gasteiger partial charge in [0.15, 0.2) is 0 Å². The van der Waals surface area contributed by atoms with Gasteiger partial charge in [-0.1, -0.05) is 36.0 Å². The fourth-order valence-electron chi connectivity index (χ4n) is 2.69. The van der Waals surface area contributed by atoms with Crippen molar-refractivity contribution in [2.24, 2.45) is 5.92 Å². The highest BCUT2D eigenvalue weighted by Gasteiger charge is 2.70. The van der Waals surface area contributed by atoms with Gasteiger partial charge in [-0.2, -0.15) is 17.6 Å². The van der Waals surface area contributed by atoms with Gasteiger partial charge in [-0.3, -0.25) is 0 Å². The molecule has 1 fully saturated rings. The fraction of sp³-hybridized carbons (Fsp3) is 0.500. The Morgan fingerprint density at radius 3 is 2.59 bits per heavy atom. The number of halogens is 4. The van der Waals surface area contributed by atoms with Crippen molar-refractivity contribution >= 4 is 11.8 Å². The summed E-state index contributed by atoms with van der Waals surface area (Å²) < 4.78 is 53.8. The molecule has 3 rings (SSSR count). The zero-order chi connectivity index (χ0) is 12.3. The van der Waals surface area contributed by atoms with Crippen molar-refractivity contribution in [3.63, 3.8) is 0 Å². The topological polar surface area (TPSA) is 0 Å². The maximum Gasteiger partial charge on any atom is 0.357 e. The molecule has 1 aromatic rings. The third kappa shape index (κ3) is 1.44. The van der Waals surface area contributed by atoms with Crippen LogP contribution in [0.5, 0.6) is 0 Å². The summed E-state index contributed by atoms with van der Waals surface area (Å²) in [5.74, 6) is -5.13. The minimum absolute atomic E-state index is 0.118. The number of alkyl halides is 4. The number of benzene rings is 1. The summed E-state index contributed by atoms with van der Waals surface area (Å²) in [6.07, 6.45) is 0.598. The average molecular weight is 262 g/mol. The van der Waals surface area contributed by atoms with Crippen LogP contribution in [0.2, 0.25) is 0 Å². The summed E-state index contributed by atoms with van der Waals surface area (Å²) in [5.41, 5.74) is 1.58. The SMILES string of the molecule is FC1(F)S[C@@H]2c3ccccc3CC[C@@H]2C1(F)F. The molecule has 0 unspecified atom stereocenters. The molecule has 0 bridgehead atoms. The highest BCUT2D eigenvalue weighted by Crippen LogP contribution is 2.66. The van der Waals surface area contributed by atoms with Gasteiger partial charge in [0.2, 0.25) is 0 Å². The van der Waals surface area contributed by atoms with E-state index >= 15 is 0 Å². The summed E-state index contributed by atoms with van der Waals surface area (Å²) in [5, 5.41) is -4.72. The Bertz CT molecular complexity index is 458. The highest BCUT2D eigenvalue weighted by molar-refractivity contribution is 8.00. The van der Waals surface area contributed by atoms with Crippen LogP contribution in [0.1, 0.15) is 22.8 Å². The lowest BCUT2D eigenvalue weighted by molar-refractivity contribution is -0.176. The highest BCUT2D eigenvalue weighted by atomic mass is 32.2. The van der Waals surface area contributed by atoms with E-state index < -0.39 is 22.3 Å². The molecular formula is C12H10F4S. The summed E-state index contributed by atoms with van der Waals surface area (Å²) in [6, 6.07) is 7.06. The van der Waals surface area contributed by atoms with Crippen molar-refractivity contribution in [2.75, 3.05) is 0 Å². The molecule has 0 N–H and O–H groups in total. The van der Waals surface area contributed by atoms with Crippen molar-refractivity contribution in [3.05, 3.63) is 35.4 Å². The van der Waals surface area contributed by atoms with E-state index in [1.165, 1.54) is 0 Å². The van der Waals surface area contributed by atoms with Crippen LogP contribution in [0.4, 0.5) is 17.6 Å². The van der Waals surface area contributed by atoms with Crippen LogP contribution in [-0.4, -0.2) is 11.2 Å². The first-order chi connectivity index (χ1) is 7.93. The van der Waals surface area contributed by atoms with E-state index in [1.807, 2.05) is 12.1 Å². The molecule has 0 saturated carbocycles. The Morgan fingerprint density at radius 2 is 1.82 bits per heavy atom. The number of thioether (sulfide) groups is 1. The molecule has 92 valence electrons. The Hall–Kier alpha value is -0.710. The lowest BCUT2D eigenvalue weighted by Gasteiger charge is -2.29. The quantitative estimate of drug-likeness (QED) is 0.629. The van der Waals surface area contributed by atoms with Crippen molar-refractivity contribution in [2.45, 2.75) is 29.3 Å². The summed E-state index contributed by atoms with van der Waals surface area (Å²) in [7, 11) is 0. The number of aryl methyl sites for hydroxylation is 1. The second-order valence-electron chi connectivity index (χ2n) is 4.52. The Kier molecular flexibility index (Phi) is 2.28. The van der Waals surface area contributed by atoms with Gasteiger partial charge in [-0.15, -0.1) is 0 Å². The lowest BCUT2D eigenvalue weighted by atomic mass is 9.80. The van der Waals surface area contributed by atoms with Crippen LogP contribution >= 0.6 is 11.8 Å². The average Bonchev–Trinajstić information content (AvgIpc) is 2.46. The predicted molar refractivity (Wildman–Crippen MR) is 58.5 cm³/mol. The van der Waals surface area contributed by atoms with Crippen molar-refractivity contribution in [1.29, 1.82) is 0 Å². The number of fused-ring (bicyclic) bond motifs is 3. The molecule has 1 aliphatic carbocycles. The van der Waals surface area contributed by atoms with E-state index in [9.17, 15) is 17.6 Å². The van der Waals surface area contributed by atoms with Gasteiger partial charge in [0, 0.05) is 11.2 Å². The molecule has 0 amide bonds. The van der Waals surface area contributed by atoms with Gasteiger partial charge in [-0.05, 0) is 24.0 Å². The molecule has 0 spiro atoms. The zero-order valence-electron chi connectivity index (χ0n) is 8.80. The van der Waals surface area contributed by atoms with E-state index in [-0.39, 0.29) is 18.2 Å². The molecule has 0 nitrogen and oxygen atoms in total. The number of hydrogen-bond acceptors (Lipinski definition) is 1.